The van der Waals surface area contributed by atoms with Gasteiger partial charge in [-0.25, -0.2) is 0 Å². The summed E-state index contributed by atoms with van der Waals surface area (Å²) in [6, 6.07) is 6.26. The van der Waals surface area contributed by atoms with Crippen LogP contribution in [-0.2, 0) is 28.8 Å². The summed E-state index contributed by atoms with van der Waals surface area (Å²) in [7, 11) is 5.84. The molecule has 2 amide bonds. The molecule has 6 aliphatic rings. The largest absolute Gasteiger partial charge is 0.508 e. The van der Waals surface area contributed by atoms with Crippen LogP contribution in [0.3, 0.4) is 0 Å². The highest BCUT2D eigenvalue weighted by Crippen LogP contribution is 2.58. The number of nitrogens with zero attached hydrogens (tertiary/aromatic N) is 2. The number of hydrogen-bond acceptors (Lipinski definition) is 18. The fraction of sp³-hybridized carbons (Fsp3) is 0.409. The molecule has 2 fully saturated rings. The fourth-order valence-electron chi connectivity index (χ4n) is 11.2. The summed E-state index contributed by atoms with van der Waals surface area (Å²) in [6.45, 7) is 3.35. The maximum atomic E-state index is 13.7. The number of nitrogens with two attached hydrogens (primary N) is 2. The van der Waals surface area contributed by atoms with Gasteiger partial charge < -0.3 is 79.0 Å². The molecule has 8 rings (SSSR count). The second kappa shape index (κ2) is 19.8. The first-order valence-corrected chi connectivity index (χ1v) is 20.0. The molecule has 0 aromatic heterocycles. The van der Waals surface area contributed by atoms with Gasteiger partial charge in [-0.1, -0.05) is 38.1 Å². The minimum atomic E-state index is -2.89. The van der Waals surface area contributed by atoms with E-state index in [1.807, 2.05) is 0 Å². The zero-order chi connectivity index (χ0) is 47.7. The van der Waals surface area contributed by atoms with E-state index in [4.69, 9.17) is 11.5 Å². The third-order valence-electron chi connectivity index (χ3n) is 14.0. The number of amides is 2. The molecule has 12 atom stereocenters. The number of ketones is 4. The van der Waals surface area contributed by atoms with E-state index in [0.29, 0.717) is 11.1 Å². The lowest BCUT2D eigenvalue weighted by Gasteiger charge is -2.53. The van der Waals surface area contributed by atoms with E-state index in [9.17, 15) is 79.8 Å². The number of fused-ring (bicyclic) bond motifs is 6. The number of halogens is 2. The van der Waals surface area contributed by atoms with Crippen molar-refractivity contribution < 1.29 is 96.3 Å². The smallest absolute Gasteiger partial charge is 0.255 e. The van der Waals surface area contributed by atoms with E-state index in [1.54, 1.807) is 38.1 Å². The molecule has 0 bridgehead atoms. The number of rotatable bonds is 4. The zero-order valence-corrected chi connectivity index (χ0v) is 39.2. The highest BCUT2D eigenvalue weighted by atomic mass is 35.5. The van der Waals surface area contributed by atoms with E-state index in [2.05, 4.69) is 0 Å². The molecule has 2 saturated carbocycles. The Morgan fingerprint density at radius 2 is 0.855 bits per heavy atom. The van der Waals surface area contributed by atoms with Crippen LogP contribution >= 0.6 is 24.8 Å². The Labute approximate surface area is 404 Å². The lowest BCUT2D eigenvalue weighted by Crippen LogP contribution is -2.70. The molecule has 0 radical (unpaired) electrons. The summed E-state index contributed by atoms with van der Waals surface area (Å²) in [5.41, 5.74) is 2.94. The zero-order valence-electron chi connectivity index (χ0n) is 37.5. The number of phenols is 2. The SMILES string of the molecule is C[C@H]1c2cccc(O)c2C(O)=C2C(=O)[C@]3(O)C(O)=C(C(N)=O)C(=O)[C@@H](N(C)C)[C@@H]3[C@@H](O)[C@@H]21.C[C@H]1c2cccc(O)c2C(O)=C2C(=O)[C@]3(O)C(O)=C(C(N)=O)C(=O)[C@@H](N(C)C)[C@@H]3[C@@H](O)[C@@H]21.Cl.Cl.O.O.O. The Hall–Kier alpha value is -5.96. The van der Waals surface area contributed by atoms with Crippen LogP contribution in [0.1, 0.15) is 47.9 Å². The van der Waals surface area contributed by atoms with Crippen molar-refractivity contribution in [2.24, 2.45) is 35.1 Å². The Kier molecular flexibility index (Phi) is 17.0. The normalized spacial score (nSPS) is 31.9. The Balaban J connectivity index is 0.000000441. The molecule has 23 nitrogen and oxygen atoms in total. The molecule has 0 unspecified atom stereocenters. The van der Waals surface area contributed by atoms with Crippen LogP contribution in [-0.4, -0.2) is 176 Å². The summed E-state index contributed by atoms with van der Waals surface area (Å²) in [4.78, 5) is 79.9. The van der Waals surface area contributed by atoms with E-state index in [1.165, 1.54) is 50.1 Å². The minimum absolute atomic E-state index is 0. The first-order chi connectivity index (χ1) is 29.7. The second-order valence-electron chi connectivity index (χ2n) is 17.6. The predicted octanol–water partition coefficient (Wildman–Crippen LogP) is -2.64. The standard InChI is InChI=1S/2C22H24N2O8.2ClH.3H2O/c2*1-7-8-5-4-6-9(25)11(8)16(26)12-10(7)17(27)14-15(24(2)3)18(28)13(21(23)31)20(30)22(14,32)19(12)29;;;;;/h2*4-7,10,14-15,17,25-27,30,32H,1-3H3,(H2,23,31);2*1H;3*1H2/t2*7-,10+,14+,15-,17-,22-;;;;;/m00...../s1. The summed E-state index contributed by atoms with van der Waals surface area (Å²) in [6.07, 6.45) is -3.18. The van der Waals surface area contributed by atoms with Crippen molar-refractivity contribution in [1.82, 2.24) is 9.80 Å². The molecule has 0 aliphatic heterocycles. The van der Waals surface area contributed by atoms with Crippen LogP contribution in [0.15, 0.2) is 70.2 Å². The average Bonchev–Trinajstić information content (AvgIpc) is 3.20. The first-order valence-electron chi connectivity index (χ1n) is 20.0. The van der Waals surface area contributed by atoms with Crippen molar-refractivity contribution in [1.29, 1.82) is 0 Å². The number of aromatic hydroxyl groups is 2. The van der Waals surface area contributed by atoms with E-state index < -0.39 is 151 Å². The maximum absolute atomic E-state index is 13.7. The minimum Gasteiger partial charge on any atom is -0.508 e. The number of hydrogen-bond donors (Lipinski definition) is 12. The van der Waals surface area contributed by atoms with Gasteiger partial charge in [0.15, 0.2) is 22.8 Å². The van der Waals surface area contributed by atoms with Gasteiger partial charge >= 0.3 is 0 Å². The molecule has 69 heavy (non-hydrogen) atoms. The number of Topliss-reactive ketones (excluding diaryl/α,β-unsaturated/α-hetero) is 4. The number of phenolic OH excluding ortho intramolecular Hbond substituents is 2. The molecule has 2 aromatic carbocycles. The maximum Gasteiger partial charge on any atom is 0.255 e. The van der Waals surface area contributed by atoms with Crippen molar-refractivity contribution in [3.63, 3.8) is 0 Å². The highest BCUT2D eigenvalue weighted by Gasteiger charge is 2.70. The van der Waals surface area contributed by atoms with Gasteiger partial charge in [0, 0.05) is 23.0 Å². The van der Waals surface area contributed by atoms with Gasteiger partial charge in [-0.05, 0) is 63.3 Å². The number of likely N-dealkylation sites (N-methyl/N-ethyl adjacent to an activating group) is 2. The lowest BCUT2D eigenvalue weighted by molar-refractivity contribution is -0.170. The second-order valence-corrected chi connectivity index (χ2v) is 17.6. The highest BCUT2D eigenvalue weighted by molar-refractivity contribution is 6.26. The number of aliphatic hydroxyl groups is 8. The van der Waals surface area contributed by atoms with Crippen LogP contribution in [0.25, 0.3) is 11.5 Å². The monoisotopic (exact) mass is 1010 g/mol. The number of carbonyl (C=O) groups excluding carboxylic acids is 6. The molecule has 6 aliphatic carbocycles. The Morgan fingerprint density at radius 1 is 0.565 bits per heavy atom. The summed E-state index contributed by atoms with van der Waals surface area (Å²) in [5.74, 6) is -17.7. The van der Waals surface area contributed by atoms with Gasteiger partial charge in [-0.2, -0.15) is 0 Å². The molecule has 20 N–H and O–H groups in total. The van der Waals surface area contributed by atoms with Crippen LogP contribution in [0.4, 0.5) is 0 Å². The number of primary amides is 2. The summed E-state index contributed by atoms with van der Waals surface area (Å²) < 4.78 is 0. The molecule has 380 valence electrons. The van der Waals surface area contributed by atoms with Gasteiger partial charge in [-0.3, -0.25) is 38.6 Å². The quantitative estimate of drug-likeness (QED) is 0.139. The van der Waals surface area contributed by atoms with Crippen LogP contribution in [0.2, 0.25) is 0 Å². The first kappa shape index (κ1) is 59.2. The molecular formula is C44H56Cl2N4O19. The van der Waals surface area contributed by atoms with Crippen molar-refractivity contribution in [2.75, 3.05) is 28.2 Å². The average molecular weight is 1020 g/mol. The van der Waals surface area contributed by atoms with Gasteiger partial charge in [0.25, 0.3) is 11.8 Å². The topological polar surface area (TPSA) is 458 Å². The molecule has 0 heterocycles. The molecule has 2 aromatic rings. The van der Waals surface area contributed by atoms with Gasteiger partial charge in [0.2, 0.25) is 11.6 Å². The predicted molar refractivity (Wildman–Crippen MR) is 246 cm³/mol. The fourth-order valence-corrected chi connectivity index (χ4v) is 11.2. The number of aliphatic hydroxyl groups excluding tert-OH is 6. The third-order valence-corrected chi connectivity index (χ3v) is 14.0. The summed E-state index contributed by atoms with van der Waals surface area (Å²) in [5, 5.41) is 110. The Bertz CT molecular complexity index is 2470. The number of carbonyl (C=O) groups is 6. The van der Waals surface area contributed by atoms with Gasteiger partial charge in [0.1, 0.15) is 45.7 Å². The van der Waals surface area contributed by atoms with Gasteiger partial charge in [-0.15, -0.1) is 24.8 Å². The van der Waals surface area contributed by atoms with E-state index in [0.717, 1.165) is 0 Å². The van der Waals surface area contributed by atoms with Crippen LogP contribution < -0.4 is 11.5 Å². The Morgan fingerprint density at radius 3 is 1.12 bits per heavy atom. The number of benzene rings is 2. The van der Waals surface area contributed by atoms with Crippen molar-refractivity contribution >= 4 is 71.3 Å². The van der Waals surface area contributed by atoms with Crippen LogP contribution in [0, 0.1) is 23.7 Å². The lowest BCUT2D eigenvalue weighted by atomic mass is 9.54. The molecule has 25 heteroatoms. The molecular weight excluding hydrogens is 959 g/mol. The molecule has 0 spiro atoms. The van der Waals surface area contributed by atoms with Crippen LogP contribution in [0.5, 0.6) is 11.5 Å². The summed E-state index contributed by atoms with van der Waals surface area (Å²) >= 11 is 0. The van der Waals surface area contributed by atoms with Gasteiger partial charge in [0.05, 0.1) is 47.3 Å². The third kappa shape index (κ3) is 7.73. The molecule has 0 saturated heterocycles. The van der Waals surface area contributed by atoms with E-state index in [-0.39, 0.29) is 63.9 Å². The van der Waals surface area contributed by atoms with Crippen molar-refractivity contribution in [3.05, 3.63) is 92.5 Å². The van der Waals surface area contributed by atoms with E-state index >= 15 is 0 Å². The van der Waals surface area contributed by atoms with Crippen molar-refractivity contribution in [2.45, 2.75) is 61.2 Å². The van der Waals surface area contributed by atoms with Crippen molar-refractivity contribution in [3.8, 4) is 11.5 Å².